The van der Waals surface area contributed by atoms with E-state index in [-0.39, 0.29) is 17.4 Å². The normalized spacial score (nSPS) is 23.8. The molecule has 1 aliphatic rings. The molecule has 19 heavy (non-hydrogen) atoms. The number of hydrogen-bond acceptors (Lipinski definition) is 2. The first kappa shape index (κ1) is 15.8. The van der Waals surface area contributed by atoms with Crippen molar-refractivity contribution in [1.29, 1.82) is 0 Å². The van der Waals surface area contributed by atoms with Gasteiger partial charge in [0.15, 0.2) is 0 Å². The molecule has 110 valence electrons. The van der Waals surface area contributed by atoms with Gasteiger partial charge in [-0.3, -0.25) is 4.79 Å². The Balaban J connectivity index is 2.50. The van der Waals surface area contributed by atoms with Gasteiger partial charge in [0.1, 0.15) is 0 Å². The minimum absolute atomic E-state index is 0.0151. The van der Waals surface area contributed by atoms with Gasteiger partial charge in [-0.25, -0.2) is 4.79 Å². The van der Waals surface area contributed by atoms with Crippen LogP contribution in [0.25, 0.3) is 0 Å². The average Bonchev–Trinajstić information content (AvgIpc) is 2.68. The largest absolute Gasteiger partial charge is 0.481 e. The molecule has 5 heteroatoms. The Morgan fingerprint density at radius 3 is 2.37 bits per heavy atom. The third-order valence-electron chi connectivity index (χ3n) is 4.47. The number of urea groups is 1. The molecule has 2 atom stereocenters. The van der Waals surface area contributed by atoms with Crippen LogP contribution in [0.15, 0.2) is 0 Å². The van der Waals surface area contributed by atoms with Crippen molar-refractivity contribution in [2.75, 3.05) is 19.6 Å². The van der Waals surface area contributed by atoms with Crippen molar-refractivity contribution in [3.8, 4) is 0 Å². The fraction of sp³-hybridized carbons (Fsp3) is 0.857. The monoisotopic (exact) mass is 270 g/mol. The Morgan fingerprint density at radius 2 is 1.95 bits per heavy atom. The van der Waals surface area contributed by atoms with Gasteiger partial charge in [0.25, 0.3) is 0 Å². The topological polar surface area (TPSA) is 69.6 Å². The van der Waals surface area contributed by atoms with Gasteiger partial charge >= 0.3 is 12.0 Å². The highest BCUT2D eigenvalue weighted by Gasteiger charge is 2.37. The van der Waals surface area contributed by atoms with E-state index in [0.717, 1.165) is 0 Å². The number of carbonyl (C=O) groups excluding carboxylic acids is 1. The van der Waals surface area contributed by atoms with Gasteiger partial charge in [-0.1, -0.05) is 34.6 Å². The Kier molecular flexibility index (Phi) is 4.82. The molecule has 1 fully saturated rings. The maximum Gasteiger partial charge on any atom is 0.317 e. The van der Waals surface area contributed by atoms with Crippen LogP contribution in [0.5, 0.6) is 0 Å². The minimum Gasteiger partial charge on any atom is -0.481 e. The summed E-state index contributed by atoms with van der Waals surface area (Å²) < 4.78 is 0. The molecule has 0 bridgehead atoms. The fourth-order valence-electron chi connectivity index (χ4n) is 2.07. The van der Waals surface area contributed by atoms with E-state index in [9.17, 15) is 9.59 Å². The summed E-state index contributed by atoms with van der Waals surface area (Å²) >= 11 is 0. The van der Waals surface area contributed by atoms with Crippen molar-refractivity contribution in [1.82, 2.24) is 10.2 Å². The van der Waals surface area contributed by atoms with E-state index in [1.54, 1.807) is 4.90 Å². The average molecular weight is 270 g/mol. The highest BCUT2D eigenvalue weighted by Crippen LogP contribution is 2.26. The molecule has 0 aromatic heterocycles. The van der Waals surface area contributed by atoms with Crippen molar-refractivity contribution in [3.63, 3.8) is 0 Å². The van der Waals surface area contributed by atoms with Crippen molar-refractivity contribution in [2.24, 2.45) is 23.2 Å². The van der Waals surface area contributed by atoms with Crippen LogP contribution >= 0.6 is 0 Å². The molecule has 1 aliphatic heterocycles. The van der Waals surface area contributed by atoms with Crippen LogP contribution in [0.1, 0.15) is 34.6 Å². The Bertz CT molecular complexity index is 353. The molecule has 1 rings (SSSR count). The first-order valence-corrected chi connectivity index (χ1v) is 6.90. The molecule has 0 saturated carbocycles. The van der Waals surface area contributed by atoms with Gasteiger partial charge in [-0.2, -0.15) is 0 Å². The number of amides is 2. The number of carbonyl (C=O) groups is 2. The number of nitrogens with one attached hydrogen (secondary N) is 1. The van der Waals surface area contributed by atoms with Crippen LogP contribution in [0, 0.1) is 23.2 Å². The summed E-state index contributed by atoms with van der Waals surface area (Å²) in [7, 11) is 0. The van der Waals surface area contributed by atoms with Crippen LogP contribution < -0.4 is 5.32 Å². The Labute approximate surface area is 115 Å². The van der Waals surface area contributed by atoms with Crippen molar-refractivity contribution < 1.29 is 14.7 Å². The first-order valence-electron chi connectivity index (χ1n) is 6.90. The van der Waals surface area contributed by atoms with Gasteiger partial charge < -0.3 is 15.3 Å². The van der Waals surface area contributed by atoms with Gasteiger partial charge in [0.2, 0.25) is 0 Å². The van der Waals surface area contributed by atoms with Gasteiger partial charge in [0.05, 0.1) is 5.92 Å². The molecular formula is C14H26N2O3. The van der Waals surface area contributed by atoms with E-state index in [4.69, 9.17) is 5.11 Å². The minimum atomic E-state index is -0.815. The lowest BCUT2D eigenvalue weighted by molar-refractivity contribution is -0.142. The first-order chi connectivity index (χ1) is 8.65. The SMILES string of the molecule is CC1CN(C(=O)NCC(C)(C)C(C)C)CC1C(=O)O. The van der Waals surface area contributed by atoms with Crippen LogP contribution in [-0.2, 0) is 4.79 Å². The number of nitrogens with zero attached hydrogens (tertiary/aromatic N) is 1. The predicted molar refractivity (Wildman–Crippen MR) is 73.9 cm³/mol. The van der Waals surface area contributed by atoms with Crippen molar-refractivity contribution in [2.45, 2.75) is 34.6 Å². The molecule has 0 spiro atoms. The number of hydrogen-bond donors (Lipinski definition) is 2. The van der Waals surface area contributed by atoms with Crippen LogP contribution in [0.3, 0.4) is 0 Å². The van der Waals surface area contributed by atoms with Gasteiger partial charge in [-0.15, -0.1) is 0 Å². The fourth-order valence-corrected chi connectivity index (χ4v) is 2.07. The zero-order valence-electron chi connectivity index (χ0n) is 12.6. The number of carboxylic acids is 1. The van der Waals surface area contributed by atoms with E-state index < -0.39 is 11.9 Å². The van der Waals surface area contributed by atoms with Crippen LogP contribution in [-0.4, -0.2) is 41.6 Å². The highest BCUT2D eigenvalue weighted by molar-refractivity contribution is 5.77. The summed E-state index contributed by atoms with van der Waals surface area (Å²) in [5.41, 5.74) is 0.0349. The summed E-state index contributed by atoms with van der Waals surface area (Å²) in [5.74, 6) is -0.771. The van der Waals surface area contributed by atoms with E-state index in [0.29, 0.717) is 25.6 Å². The summed E-state index contributed by atoms with van der Waals surface area (Å²) in [5, 5.41) is 12.0. The van der Waals surface area contributed by atoms with E-state index in [2.05, 4.69) is 33.0 Å². The molecule has 0 aromatic rings. The van der Waals surface area contributed by atoms with Crippen molar-refractivity contribution >= 4 is 12.0 Å². The maximum atomic E-state index is 12.1. The second kappa shape index (κ2) is 5.80. The quantitative estimate of drug-likeness (QED) is 0.821. The van der Waals surface area contributed by atoms with Gasteiger partial charge in [0, 0.05) is 19.6 Å². The van der Waals surface area contributed by atoms with Crippen LogP contribution in [0.2, 0.25) is 0 Å². The Morgan fingerprint density at radius 1 is 1.37 bits per heavy atom. The second-order valence-corrected chi connectivity index (χ2v) is 6.63. The van der Waals surface area contributed by atoms with Gasteiger partial charge in [-0.05, 0) is 17.3 Å². The summed E-state index contributed by atoms with van der Waals surface area (Å²) in [4.78, 5) is 24.7. The molecule has 2 N–H and O–H groups in total. The summed E-state index contributed by atoms with van der Waals surface area (Å²) in [6.45, 7) is 11.8. The molecule has 5 nitrogen and oxygen atoms in total. The lowest BCUT2D eigenvalue weighted by atomic mass is 9.81. The Hall–Kier alpha value is -1.26. The zero-order chi connectivity index (χ0) is 14.8. The second-order valence-electron chi connectivity index (χ2n) is 6.63. The standard InChI is InChI=1S/C14H26N2O3/c1-9(2)14(4,5)8-15-13(19)16-6-10(3)11(7-16)12(17)18/h9-11H,6-8H2,1-5H3,(H,15,19)(H,17,18). The van der Waals surface area contributed by atoms with Crippen molar-refractivity contribution in [3.05, 3.63) is 0 Å². The number of aliphatic carboxylic acids is 1. The molecule has 1 heterocycles. The molecule has 2 unspecified atom stereocenters. The zero-order valence-corrected chi connectivity index (χ0v) is 12.6. The maximum absolute atomic E-state index is 12.1. The third-order valence-corrected chi connectivity index (χ3v) is 4.47. The highest BCUT2D eigenvalue weighted by atomic mass is 16.4. The third kappa shape index (κ3) is 3.85. The van der Waals surface area contributed by atoms with E-state index in [1.165, 1.54) is 0 Å². The van der Waals surface area contributed by atoms with E-state index in [1.807, 2.05) is 6.92 Å². The van der Waals surface area contributed by atoms with Crippen LogP contribution in [0.4, 0.5) is 4.79 Å². The molecule has 2 amide bonds. The molecular weight excluding hydrogens is 244 g/mol. The lowest BCUT2D eigenvalue weighted by Crippen LogP contribution is -2.44. The molecule has 1 saturated heterocycles. The lowest BCUT2D eigenvalue weighted by Gasteiger charge is -2.30. The number of likely N-dealkylation sites (tertiary alicyclic amines) is 1. The summed E-state index contributed by atoms with van der Waals surface area (Å²) in [6, 6.07) is -0.149. The molecule has 0 radical (unpaired) electrons. The molecule has 0 aromatic carbocycles. The molecule has 0 aliphatic carbocycles. The number of carboxylic acid groups (broad SMARTS) is 1. The predicted octanol–water partition coefficient (Wildman–Crippen LogP) is 2.03. The van der Waals surface area contributed by atoms with E-state index >= 15 is 0 Å². The summed E-state index contributed by atoms with van der Waals surface area (Å²) in [6.07, 6.45) is 0. The smallest absolute Gasteiger partial charge is 0.317 e. The number of rotatable bonds is 4.